The zero-order valence-corrected chi connectivity index (χ0v) is 15.7. The molecule has 6 heteroatoms. The zero-order valence-electron chi connectivity index (χ0n) is 14.1. The highest BCUT2D eigenvalue weighted by atomic mass is 79.9. The molecule has 2 aromatic carbocycles. The number of hydrogen-bond acceptors (Lipinski definition) is 4. The van der Waals surface area contributed by atoms with Gasteiger partial charge in [-0.15, -0.1) is 0 Å². The highest BCUT2D eigenvalue weighted by Gasteiger charge is 2.42. The van der Waals surface area contributed by atoms with E-state index in [2.05, 4.69) is 21.2 Å². The average Bonchev–Trinajstić information content (AvgIpc) is 3.46. The van der Waals surface area contributed by atoms with Crippen molar-refractivity contribution < 1.29 is 14.3 Å². The van der Waals surface area contributed by atoms with E-state index in [0.717, 1.165) is 34.1 Å². The van der Waals surface area contributed by atoms with Crippen LogP contribution in [-0.2, 0) is 0 Å². The molecule has 0 unspecified atom stereocenters. The van der Waals surface area contributed by atoms with Crippen molar-refractivity contribution >= 4 is 27.5 Å². The standard InChI is InChI=1S/C19H19BrN2O3/c1-24-16-9-13(14(20)10-17(16)25-2)18-21-15-6-4-3-5-12(15)19(23)22(18)11-7-8-11/h3-6,9-11,18,21H,7-8H2,1-2H3/t18-/m0/s1. The molecule has 1 N–H and O–H groups in total. The summed E-state index contributed by atoms with van der Waals surface area (Å²) in [6, 6.07) is 11.7. The van der Waals surface area contributed by atoms with E-state index in [4.69, 9.17) is 9.47 Å². The van der Waals surface area contributed by atoms with Crippen LogP contribution in [-0.4, -0.2) is 31.1 Å². The molecule has 1 aliphatic heterocycles. The van der Waals surface area contributed by atoms with Crippen LogP contribution in [0.3, 0.4) is 0 Å². The average molecular weight is 403 g/mol. The highest BCUT2D eigenvalue weighted by Crippen LogP contribution is 2.44. The molecular weight excluding hydrogens is 384 g/mol. The lowest BCUT2D eigenvalue weighted by Gasteiger charge is -2.39. The van der Waals surface area contributed by atoms with E-state index in [9.17, 15) is 4.79 Å². The topological polar surface area (TPSA) is 50.8 Å². The normalized spacial score (nSPS) is 19.2. The molecule has 0 aromatic heterocycles. The maximum absolute atomic E-state index is 13.1. The molecule has 130 valence electrons. The summed E-state index contributed by atoms with van der Waals surface area (Å²) in [6.45, 7) is 0. The number of benzene rings is 2. The van der Waals surface area contributed by atoms with Crippen molar-refractivity contribution in [3.63, 3.8) is 0 Å². The third-order valence-corrected chi connectivity index (χ3v) is 5.39. The summed E-state index contributed by atoms with van der Waals surface area (Å²) >= 11 is 3.63. The lowest BCUT2D eigenvalue weighted by molar-refractivity contribution is 0.0665. The maximum atomic E-state index is 13.1. The van der Waals surface area contributed by atoms with Crippen LogP contribution in [0.4, 0.5) is 5.69 Å². The Morgan fingerprint density at radius 1 is 1.12 bits per heavy atom. The second kappa shape index (κ2) is 6.26. The number of halogens is 1. The second-order valence-electron chi connectivity index (χ2n) is 6.26. The molecule has 2 aliphatic rings. The van der Waals surface area contributed by atoms with Crippen LogP contribution in [0.15, 0.2) is 40.9 Å². The number of amides is 1. The fourth-order valence-electron chi connectivity index (χ4n) is 3.31. The number of rotatable bonds is 4. The molecular formula is C19H19BrN2O3. The second-order valence-corrected chi connectivity index (χ2v) is 7.12. The van der Waals surface area contributed by atoms with Crippen LogP contribution in [0.5, 0.6) is 11.5 Å². The molecule has 1 fully saturated rings. The van der Waals surface area contributed by atoms with Crippen molar-refractivity contribution in [3.05, 3.63) is 52.0 Å². The molecule has 5 nitrogen and oxygen atoms in total. The van der Waals surface area contributed by atoms with Gasteiger partial charge in [0.2, 0.25) is 0 Å². The van der Waals surface area contributed by atoms with Crippen molar-refractivity contribution in [3.8, 4) is 11.5 Å². The monoisotopic (exact) mass is 402 g/mol. The van der Waals surface area contributed by atoms with Crippen LogP contribution in [0, 0.1) is 0 Å². The van der Waals surface area contributed by atoms with E-state index in [1.165, 1.54) is 0 Å². The van der Waals surface area contributed by atoms with E-state index < -0.39 is 0 Å². The van der Waals surface area contributed by atoms with E-state index in [-0.39, 0.29) is 18.1 Å². The molecule has 0 bridgehead atoms. The lowest BCUT2D eigenvalue weighted by atomic mass is 10.0. The molecule has 1 saturated carbocycles. The minimum absolute atomic E-state index is 0.0727. The fourth-order valence-corrected chi connectivity index (χ4v) is 3.84. The van der Waals surface area contributed by atoms with E-state index in [1.807, 2.05) is 41.3 Å². The van der Waals surface area contributed by atoms with Gasteiger partial charge in [0.05, 0.1) is 19.8 Å². The smallest absolute Gasteiger partial charge is 0.258 e. The van der Waals surface area contributed by atoms with Crippen molar-refractivity contribution in [1.82, 2.24) is 4.90 Å². The van der Waals surface area contributed by atoms with Crippen LogP contribution < -0.4 is 14.8 Å². The van der Waals surface area contributed by atoms with E-state index in [1.54, 1.807) is 14.2 Å². The van der Waals surface area contributed by atoms with Crippen LogP contribution in [0.2, 0.25) is 0 Å². The third kappa shape index (κ3) is 2.74. The Morgan fingerprint density at radius 3 is 2.48 bits per heavy atom. The lowest BCUT2D eigenvalue weighted by Crippen LogP contribution is -2.44. The largest absolute Gasteiger partial charge is 0.493 e. The molecule has 0 spiro atoms. The summed E-state index contributed by atoms with van der Waals surface area (Å²) in [5.74, 6) is 1.37. The molecule has 1 heterocycles. The van der Waals surface area contributed by atoms with Crippen LogP contribution in [0.1, 0.15) is 34.9 Å². The van der Waals surface area contributed by atoms with Gasteiger partial charge in [0.25, 0.3) is 5.91 Å². The maximum Gasteiger partial charge on any atom is 0.258 e. The number of nitrogens with one attached hydrogen (secondary N) is 1. The predicted octanol–water partition coefficient (Wildman–Crippen LogP) is 4.20. The summed E-state index contributed by atoms with van der Waals surface area (Å²) in [4.78, 5) is 15.0. The number of hydrogen-bond donors (Lipinski definition) is 1. The fraction of sp³-hybridized carbons (Fsp3) is 0.316. The first-order valence-electron chi connectivity index (χ1n) is 8.23. The van der Waals surface area contributed by atoms with Gasteiger partial charge in [0, 0.05) is 21.8 Å². The van der Waals surface area contributed by atoms with Gasteiger partial charge in [0.15, 0.2) is 11.5 Å². The Hall–Kier alpha value is -2.21. The Kier molecular flexibility index (Phi) is 4.07. The number of ether oxygens (including phenoxy) is 2. The van der Waals surface area contributed by atoms with Gasteiger partial charge in [-0.3, -0.25) is 4.79 Å². The van der Waals surface area contributed by atoms with E-state index >= 15 is 0 Å². The number of anilines is 1. The van der Waals surface area contributed by atoms with Crippen molar-refractivity contribution in [2.75, 3.05) is 19.5 Å². The zero-order chi connectivity index (χ0) is 17.6. The van der Waals surface area contributed by atoms with Crippen LogP contribution in [0.25, 0.3) is 0 Å². The summed E-state index contributed by atoms with van der Waals surface area (Å²) in [5.41, 5.74) is 2.53. The molecule has 25 heavy (non-hydrogen) atoms. The Bertz CT molecular complexity index is 835. The van der Waals surface area contributed by atoms with Crippen molar-refractivity contribution in [2.45, 2.75) is 25.0 Å². The molecule has 2 aromatic rings. The first-order chi connectivity index (χ1) is 12.1. The predicted molar refractivity (Wildman–Crippen MR) is 99.2 cm³/mol. The third-order valence-electron chi connectivity index (χ3n) is 4.70. The van der Waals surface area contributed by atoms with E-state index in [0.29, 0.717) is 11.5 Å². The minimum atomic E-state index is -0.246. The Labute approximate surface area is 155 Å². The highest BCUT2D eigenvalue weighted by molar-refractivity contribution is 9.10. The van der Waals surface area contributed by atoms with Crippen molar-refractivity contribution in [2.24, 2.45) is 0 Å². The Morgan fingerprint density at radius 2 is 1.80 bits per heavy atom. The minimum Gasteiger partial charge on any atom is -0.493 e. The first kappa shape index (κ1) is 16.3. The number of methoxy groups -OCH3 is 2. The molecule has 1 atom stereocenters. The van der Waals surface area contributed by atoms with Gasteiger partial charge in [-0.25, -0.2) is 0 Å². The van der Waals surface area contributed by atoms with Gasteiger partial charge < -0.3 is 19.7 Å². The van der Waals surface area contributed by atoms with Gasteiger partial charge in [-0.1, -0.05) is 28.1 Å². The molecule has 1 amide bonds. The number of nitrogens with zero attached hydrogens (tertiary/aromatic N) is 1. The number of fused-ring (bicyclic) bond motifs is 1. The molecule has 1 aliphatic carbocycles. The molecule has 0 saturated heterocycles. The number of carbonyl (C=O) groups excluding carboxylic acids is 1. The summed E-state index contributed by atoms with van der Waals surface area (Å²) < 4.78 is 11.7. The quantitative estimate of drug-likeness (QED) is 0.832. The Balaban J connectivity index is 1.82. The number of para-hydroxylation sites is 1. The van der Waals surface area contributed by atoms with Crippen LogP contribution >= 0.6 is 15.9 Å². The first-order valence-corrected chi connectivity index (χ1v) is 9.03. The SMILES string of the molecule is COc1cc(Br)c([C@H]2Nc3ccccc3C(=O)N2C2CC2)cc1OC. The summed E-state index contributed by atoms with van der Waals surface area (Å²) in [5, 5.41) is 3.52. The van der Waals surface area contributed by atoms with Gasteiger partial charge >= 0.3 is 0 Å². The molecule has 4 rings (SSSR count). The summed E-state index contributed by atoms with van der Waals surface area (Å²) in [7, 11) is 3.22. The summed E-state index contributed by atoms with van der Waals surface area (Å²) in [6.07, 6.45) is 1.83. The van der Waals surface area contributed by atoms with Gasteiger partial charge in [-0.05, 0) is 37.1 Å². The van der Waals surface area contributed by atoms with Crippen molar-refractivity contribution in [1.29, 1.82) is 0 Å². The number of carbonyl (C=O) groups is 1. The van der Waals surface area contributed by atoms with Gasteiger partial charge in [0.1, 0.15) is 6.17 Å². The van der Waals surface area contributed by atoms with Gasteiger partial charge in [-0.2, -0.15) is 0 Å². The molecule has 0 radical (unpaired) electrons.